The van der Waals surface area contributed by atoms with Gasteiger partial charge in [0, 0.05) is 18.6 Å². The van der Waals surface area contributed by atoms with Crippen LogP contribution in [0.4, 0.5) is 5.82 Å². The van der Waals surface area contributed by atoms with E-state index in [1.165, 1.54) is 19.2 Å². The van der Waals surface area contributed by atoms with Crippen LogP contribution in [0.3, 0.4) is 0 Å². The van der Waals surface area contributed by atoms with Gasteiger partial charge in [-0.05, 0) is 25.7 Å². The number of aliphatic hydroxyl groups is 2. The third-order valence-corrected chi connectivity index (χ3v) is 5.17. The van der Waals surface area contributed by atoms with Gasteiger partial charge in [-0.25, -0.2) is 14.6 Å². The predicted molar refractivity (Wildman–Crippen MR) is 83.9 cm³/mol. The van der Waals surface area contributed by atoms with E-state index in [0.717, 1.165) is 18.7 Å². The molecule has 0 radical (unpaired) electrons. The summed E-state index contributed by atoms with van der Waals surface area (Å²) in [7, 11) is 0. The molecule has 0 saturated heterocycles. The Labute approximate surface area is 133 Å². The van der Waals surface area contributed by atoms with Crippen molar-refractivity contribution in [3.8, 4) is 0 Å². The molecule has 2 aromatic rings. The summed E-state index contributed by atoms with van der Waals surface area (Å²) in [6.07, 6.45) is 7.11. The van der Waals surface area contributed by atoms with E-state index < -0.39 is 6.10 Å². The lowest BCUT2D eigenvalue weighted by atomic mass is 10.1. The molecule has 0 aromatic carbocycles. The Morgan fingerprint density at radius 2 is 2.04 bits per heavy atom. The zero-order valence-corrected chi connectivity index (χ0v) is 13.0. The Bertz CT molecular complexity index is 684. The Morgan fingerprint density at radius 1 is 1.22 bits per heavy atom. The second-order valence-electron chi connectivity index (χ2n) is 6.69. The third-order valence-electron chi connectivity index (χ3n) is 5.17. The van der Waals surface area contributed by atoms with Gasteiger partial charge in [0.25, 0.3) is 0 Å². The second-order valence-corrected chi connectivity index (χ2v) is 6.69. The maximum absolute atomic E-state index is 10.0. The molecule has 2 aromatic heterocycles. The summed E-state index contributed by atoms with van der Waals surface area (Å²) in [5.41, 5.74) is 1.37. The molecule has 2 fully saturated rings. The number of anilines is 1. The predicted octanol–water partition coefficient (Wildman–Crippen LogP) is 0.880. The summed E-state index contributed by atoms with van der Waals surface area (Å²) in [5, 5.41) is 31.3. The molecule has 2 heterocycles. The van der Waals surface area contributed by atoms with Gasteiger partial charge in [-0.15, -0.1) is 5.10 Å². The average Bonchev–Trinajstić information content (AvgIpc) is 3.26. The fourth-order valence-corrected chi connectivity index (χ4v) is 3.85. The molecule has 2 aliphatic carbocycles. The van der Waals surface area contributed by atoms with Crippen LogP contribution < -0.4 is 5.32 Å². The minimum atomic E-state index is -0.498. The van der Waals surface area contributed by atoms with Crippen molar-refractivity contribution in [1.82, 2.24) is 25.0 Å². The van der Waals surface area contributed by atoms with Crippen LogP contribution in [0.15, 0.2) is 6.33 Å². The first kappa shape index (κ1) is 14.8. The molecule has 4 rings (SSSR count). The van der Waals surface area contributed by atoms with Gasteiger partial charge >= 0.3 is 0 Å². The van der Waals surface area contributed by atoms with Crippen LogP contribution in [0.5, 0.6) is 0 Å². The van der Waals surface area contributed by atoms with E-state index in [1.54, 1.807) is 4.68 Å². The van der Waals surface area contributed by atoms with Gasteiger partial charge < -0.3 is 15.5 Å². The van der Waals surface area contributed by atoms with Gasteiger partial charge in [-0.3, -0.25) is 0 Å². The summed E-state index contributed by atoms with van der Waals surface area (Å²) in [5.74, 6) is 0.641. The Kier molecular flexibility index (Phi) is 3.86. The van der Waals surface area contributed by atoms with Crippen LogP contribution >= 0.6 is 0 Å². The summed E-state index contributed by atoms with van der Waals surface area (Å²) in [6, 6.07) is 0.465. The molecule has 0 amide bonds. The molecule has 0 aliphatic heterocycles. The van der Waals surface area contributed by atoms with Crippen LogP contribution in [0.25, 0.3) is 11.2 Å². The number of rotatable bonds is 4. The summed E-state index contributed by atoms with van der Waals surface area (Å²) in [4.78, 5) is 8.67. The number of aromatic nitrogens is 5. The largest absolute Gasteiger partial charge is 0.396 e. The molecule has 124 valence electrons. The van der Waals surface area contributed by atoms with E-state index in [9.17, 15) is 10.2 Å². The molecule has 0 bridgehead atoms. The number of hydrogen-bond donors (Lipinski definition) is 3. The van der Waals surface area contributed by atoms with Crippen LogP contribution in [0.1, 0.15) is 44.6 Å². The maximum atomic E-state index is 10.0. The average molecular weight is 318 g/mol. The lowest BCUT2D eigenvalue weighted by Gasteiger charge is -2.13. The first-order valence-corrected chi connectivity index (χ1v) is 8.37. The van der Waals surface area contributed by atoms with Crippen LogP contribution in [0.2, 0.25) is 0 Å². The number of nitrogens with zero attached hydrogens (tertiary/aromatic N) is 5. The van der Waals surface area contributed by atoms with Crippen molar-refractivity contribution in [2.45, 2.75) is 56.7 Å². The Hall–Kier alpha value is -1.80. The lowest BCUT2D eigenvalue weighted by molar-refractivity contribution is 0.0906. The first-order chi connectivity index (χ1) is 11.3. The van der Waals surface area contributed by atoms with Gasteiger partial charge in [0.2, 0.25) is 0 Å². The molecular weight excluding hydrogens is 296 g/mol. The van der Waals surface area contributed by atoms with Gasteiger partial charge in [-0.1, -0.05) is 18.1 Å². The monoisotopic (exact) mass is 318 g/mol. The molecule has 3 unspecified atom stereocenters. The fraction of sp³-hybridized carbons (Fsp3) is 0.733. The van der Waals surface area contributed by atoms with Gasteiger partial charge in [-0.2, -0.15) is 0 Å². The molecule has 3 N–H and O–H groups in total. The maximum Gasteiger partial charge on any atom is 0.184 e. The Morgan fingerprint density at radius 3 is 2.78 bits per heavy atom. The van der Waals surface area contributed by atoms with Crippen molar-refractivity contribution < 1.29 is 10.2 Å². The molecule has 8 heteroatoms. The zero-order chi connectivity index (χ0) is 15.8. The number of fused-ring (bicyclic) bond motifs is 1. The van der Waals surface area contributed by atoms with Crippen LogP contribution in [0, 0.1) is 5.92 Å². The third kappa shape index (κ3) is 2.66. The van der Waals surface area contributed by atoms with E-state index >= 15 is 0 Å². The first-order valence-electron chi connectivity index (χ1n) is 8.37. The van der Waals surface area contributed by atoms with Crippen LogP contribution in [-0.4, -0.2) is 53.9 Å². The van der Waals surface area contributed by atoms with Crippen molar-refractivity contribution in [1.29, 1.82) is 0 Å². The van der Waals surface area contributed by atoms with E-state index in [4.69, 9.17) is 0 Å². The van der Waals surface area contributed by atoms with Crippen molar-refractivity contribution in [2.75, 3.05) is 11.9 Å². The minimum Gasteiger partial charge on any atom is -0.396 e. The van der Waals surface area contributed by atoms with E-state index in [1.807, 2.05) is 0 Å². The van der Waals surface area contributed by atoms with E-state index in [2.05, 4.69) is 25.6 Å². The molecule has 23 heavy (non-hydrogen) atoms. The molecule has 3 atom stereocenters. The molecule has 8 nitrogen and oxygen atoms in total. The Balaban J connectivity index is 1.62. The lowest BCUT2D eigenvalue weighted by Crippen LogP contribution is -2.16. The quantitative estimate of drug-likeness (QED) is 0.767. The standard InChI is InChI=1S/C15H22N6O2/c22-7-9-5-11(6-12(9)23)21-15-13(19-20-21)14(16-8-17-15)18-10-3-1-2-4-10/h8-12,22-23H,1-7H2,(H,16,17,18). The highest BCUT2D eigenvalue weighted by Gasteiger charge is 2.35. The van der Waals surface area contributed by atoms with E-state index in [0.29, 0.717) is 30.0 Å². The number of aliphatic hydroxyl groups excluding tert-OH is 2. The molecule has 0 spiro atoms. The minimum absolute atomic E-state index is 0.00618. The highest BCUT2D eigenvalue weighted by molar-refractivity contribution is 5.82. The summed E-state index contributed by atoms with van der Waals surface area (Å²) < 4.78 is 1.77. The van der Waals surface area contributed by atoms with E-state index in [-0.39, 0.29) is 18.6 Å². The van der Waals surface area contributed by atoms with Gasteiger partial charge in [0.15, 0.2) is 17.0 Å². The van der Waals surface area contributed by atoms with Crippen molar-refractivity contribution in [3.05, 3.63) is 6.33 Å². The molecule has 2 aliphatic rings. The van der Waals surface area contributed by atoms with Gasteiger partial charge in [0.05, 0.1) is 12.1 Å². The smallest absolute Gasteiger partial charge is 0.184 e. The second kappa shape index (κ2) is 6.01. The van der Waals surface area contributed by atoms with Crippen molar-refractivity contribution >= 4 is 17.0 Å². The topological polar surface area (TPSA) is 109 Å². The summed E-state index contributed by atoms with van der Waals surface area (Å²) >= 11 is 0. The van der Waals surface area contributed by atoms with Crippen molar-refractivity contribution in [2.24, 2.45) is 5.92 Å². The van der Waals surface area contributed by atoms with Crippen LogP contribution in [-0.2, 0) is 0 Å². The number of hydrogen-bond acceptors (Lipinski definition) is 7. The fourth-order valence-electron chi connectivity index (χ4n) is 3.85. The van der Waals surface area contributed by atoms with Gasteiger partial charge in [0.1, 0.15) is 6.33 Å². The normalized spacial score (nSPS) is 28.7. The number of nitrogens with one attached hydrogen (secondary N) is 1. The molecule has 2 saturated carbocycles. The SMILES string of the molecule is OCC1CC(n2nnc3c(NC4CCCC4)ncnc32)CC1O. The summed E-state index contributed by atoms with van der Waals surface area (Å²) in [6.45, 7) is -0.00618. The highest BCUT2D eigenvalue weighted by atomic mass is 16.3. The molecular formula is C15H22N6O2. The zero-order valence-electron chi connectivity index (χ0n) is 13.0. The highest BCUT2D eigenvalue weighted by Crippen LogP contribution is 2.36. The van der Waals surface area contributed by atoms with Crippen molar-refractivity contribution in [3.63, 3.8) is 0 Å².